The van der Waals surface area contributed by atoms with Gasteiger partial charge < -0.3 is 10.1 Å². The van der Waals surface area contributed by atoms with Gasteiger partial charge in [-0.2, -0.15) is 0 Å². The van der Waals surface area contributed by atoms with Crippen LogP contribution in [-0.2, 0) is 0 Å². The third kappa shape index (κ3) is 2.26. The summed E-state index contributed by atoms with van der Waals surface area (Å²) >= 11 is 12.3. The molecule has 1 aliphatic rings. The maximum atomic E-state index is 6.25. The van der Waals surface area contributed by atoms with E-state index in [1.54, 1.807) is 6.07 Å². The number of halogens is 2. The molecule has 0 saturated carbocycles. The predicted molar refractivity (Wildman–Crippen MR) is 79.5 cm³/mol. The summed E-state index contributed by atoms with van der Waals surface area (Å²) in [6.45, 7) is 2.74. The van der Waals surface area contributed by atoms with Gasteiger partial charge in [-0.25, -0.2) is 0 Å². The Kier molecular flexibility index (Phi) is 3.29. The molecule has 0 spiro atoms. The van der Waals surface area contributed by atoms with Crippen molar-refractivity contribution < 1.29 is 4.74 Å². The van der Waals surface area contributed by atoms with Crippen molar-refractivity contribution in [3.8, 4) is 5.75 Å². The molecule has 0 radical (unpaired) electrons. The topological polar surface area (TPSA) is 21.3 Å². The van der Waals surface area contributed by atoms with Gasteiger partial charge in [0.15, 0.2) is 0 Å². The Morgan fingerprint density at radius 3 is 2.79 bits per heavy atom. The van der Waals surface area contributed by atoms with Crippen LogP contribution in [0, 0.1) is 6.92 Å². The number of hydrogen-bond acceptors (Lipinski definition) is 2. The van der Waals surface area contributed by atoms with Gasteiger partial charge in [0.1, 0.15) is 11.9 Å². The third-order valence-corrected chi connectivity index (χ3v) is 4.13. The Morgan fingerprint density at radius 1 is 1.16 bits per heavy atom. The van der Waals surface area contributed by atoms with E-state index in [4.69, 9.17) is 27.9 Å². The van der Waals surface area contributed by atoms with Crippen molar-refractivity contribution in [1.29, 1.82) is 0 Å². The highest BCUT2D eigenvalue weighted by molar-refractivity contribution is 6.42. The third-order valence-electron chi connectivity index (χ3n) is 3.30. The number of nitrogens with one attached hydrogen (secondary N) is 1. The molecular formula is C15H13Cl2NO. The van der Waals surface area contributed by atoms with E-state index in [2.05, 4.69) is 18.3 Å². The first-order chi connectivity index (χ1) is 9.16. The number of para-hydroxylation sites is 1. The maximum Gasteiger partial charge on any atom is 0.143 e. The van der Waals surface area contributed by atoms with Gasteiger partial charge in [-0.1, -0.05) is 47.5 Å². The van der Waals surface area contributed by atoms with Crippen LogP contribution in [0.3, 0.4) is 0 Å². The molecule has 2 aromatic carbocycles. The highest BCUT2D eigenvalue weighted by Gasteiger charge is 2.24. The van der Waals surface area contributed by atoms with Crippen molar-refractivity contribution in [3.63, 3.8) is 0 Å². The summed E-state index contributed by atoms with van der Waals surface area (Å²) < 4.78 is 6.03. The SMILES string of the molecule is Cc1cccc2c1NCC(c1cccc(Cl)c1Cl)O2. The molecule has 2 aromatic rings. The van der Waals surface area contributed by atoms with Gasteiger partial charge in [-0.3, -0.25) is 0 Å². The van der Waals surface area contributed by atoms with Crippen LogP contribution in [0.5, 0.6) is 5.75 Å². The quantitative estimate of drug-likeness (QED) is 0.812. The molecule has 0 aromatic heterocycles. The van der Waals surface area contributed by atoms with Crippen molar-refractivity contribution >= 4 is 28.9 Å². The van der Waals surface area contributed by atoms with Crippen molar-refractivity contribution in [2.75, 3.05) is 11.9 Å². The summed E-state index contributed by atoms with van der Waals surface area (Å²) in [5, 5.41) is 4.52. The van der Waals surface area contributed by atoms with Crippen LogP contribution in [0.25, 0.3) is 0 Å². The molecular weight excluding hydrogens is 281 g/mol. The number of anilines is 1. The minimum atomic E-state index is -0.125. The second-order valence-electron chi connectivity index (χ2n) is 4.58. The number of aryl methyl sites for hydroxylation is 1. The van der Waals surface area contributed by atoms with E-state index in [-0.39, 0.29) is 6.10 Å². The predicted octanol–water partition coefficient (Wildman–Crippen LogP) is 4.85. The van der Waals surface area contributed by atoms with E-state index < -0.39 is 0 Å². The Balaban J connectivity index is 1.96. The molecule has 0 aliphatic carbocycles. The number of ether oxygens (including phenoxy) is 1. The lowest BCUT2D eigenvalue weighted by Crippen LogP contribution is -2.24. The van der Waals surface area contributed by atoms with Gasteiger partial charge in [0.05, 0.1) is 22.3 Å². The minimum Gasteiger partial charge on any atom is -0.482 e. The Hall–Kier alpha value is -1.38. The molecule has 0 fully saturated rings. The summed E-state index contributed by atoms with van der Waals surface area (Å²) in [5.41, 5.74) is 3.14. The van der Waals surface area contributed by atoms with Crippen LogP contribution in [0.4, 0.5) is 5.69 Å². The van der Waals surface area contributed by atoms with Gasteiger partial charge in [0.2, 0.25) is 0 Å². The summed E-state index contributed by atoms with van der Waals surface area (Å²) in [7, 11) is 0. The summed E-state index contributed by atoms with van der Waals surface area (Å²) in [6, 6.07) is 11.6. The molecule has 1 heterocycles. The second kappa shape index (κ2) is 4.95. The average molecular weight is 294 g/mol. The molecule has 98 valence electrons. The highest BCUT2D eigenvalue weighted by Crippen LogP contribution is 2.39. The number of rotatable bonds is 1. The number of benzene rings is 2. The van der Waals surface area contributed by atoms with Gasteiger partial charge in [0, 0.05) is 5.56 Å². The molecule has 1 N–H and O–H groups in total. The van der Waals surface area contributed by atoms with Gasteiger partial charge >= 0.3 is 0 Å². The number of fused-ring (bicyclic) bond motifs is 1. The van der Waals surface area contributed by atoms with E-state index in [0.717, 1.165) is 17.0 Å². The Bertz CT molecular complexity index is 628. The zero-order chi connectivity index (χ0) is 13.4. The molecule has 2 nitrogen and oxygen atoms in total. The van der Waals surface area contributed by atoms with Gasteiger partial charge in [-0.15, -0.1) is 0 Å². The zero-order valence-corrected chi connectivity index (χ0v) is 11.9. The Labute approximate surface area is 122 Å². The molecule has 1 atom stereocenters. The summed E-state index contributed by atoms with van der Waals surface area (Å²) in [5.74, 6) is 0.854. The lowest BCUT2D eigenvalue weighted by atomic mass is 10.1. The minimum absolute atomic E-state index is 0.125. The normalized spacial score (nSPS) is 17.3. The lowest BCUT2D eigenvalue weighted by Gasteiger charge is -2.29. The first-order valence-corrected chi connectivity index (χ1v) is 6.86. The van der Waals surface area contributed by atoms with Crippen LogP contribution in [-0.4, -0.2) is 6.54 Å². The van der Waals surface area contributed by atoms with Crippen molar-refractivity contribution in [3.05, 3.63) is 57.6 Å². The van der Waals surface area contributed by atoms with E-state index in [0.29, 0.717) is 16.6 Å². The molecule has 0 amide bonds. The van der Waals surface area contributed by atoms with E-state index in [1.807, 2.05) is 24.3 Å². The van der Waals surface area contributed by atoms with Crippen molar-refractivity contribution in [2.24, 2.45) is 0 Å². The number of hydrogen-bond donors (Lipinski definition) is 1. The van der Waals surface area contributed by atoms with Gasteiger partial charge in [-0.05, 0) is 24.6 Å². The fourth-order valence-electron chi connectivity index (χ4n) is 2.30. The molecule has 0 bridgehead atoms. The summed E-state index contributed by atoms with van der Waals surface area (Å²) in [4.78, 5) is 0. The van der Waals surface area contributed by atoms with Crippen LogP contribution >= 0.6 is 23.2 Å². The van der Waals surface area contributed by atoms with E-state index >= 15 is 0 Å². The largest absolute Gasteiger partial charge is 0.482 e. The monoisotopic (exact) mass is 293 g/mol. The van der Waals surface area contributed by atoms with Crippen LogP contribution in [0.2, 0.25) is 10.0 Å². The lowest BCUT2D eigenvalue weighted by molar-refractivity contribution is 0.210. The maximum absolute atomic E-state index is 6.25. The fourth-order valence-corrected chi connectivity index (χ4v) is 2.73. The molecule has 3 rings (SSSR count). The van der Waals surface area contributed by atoms with Crippen LogP contribution in [0.1, 0.15) is 17.2 Å². The average Bonchev–Trinajstić information content (AvgIpc) is 2.42. The molecule has 0 saturated heterocycles. The van der Waals surface area contributed by atoms with Crippen LogP contribution < -0.4 is 10.1 Å². The molecule has 19 heavy (non-hydrogen) atoms. The molecule has 1 unspecified atom stereocenters. The smallest absolute Gasteiger partial charge is 0.143 e. The standard InChI is InChI=1S/C15H13Cl2NO/c1-9-4-2-7-12-15(9)18-8-13(19-12)10-5-3-6-11(16)14(10)17/h2-7,13,18H,8H2,1H3. The first kappa shape index (κ1) is 12.6. The second-order valence-corrected chi connectivity index (χ2v) is 5.36. The zero-order valence-electron chi connectivity index (χ0n) is 10.4. The molecule has 4 heteroatoms. The highest BCUT2D eigenvalue weighted by atomic mass is 35.5. The van der Waals surface area contributed by atoms with Crippen molar-refractivity contribution in [2.45, 2.75) is 13.0 Å². The fraction of sp³-hybridized carbons (Fsp3) is 0.200. The Morgan fingerprint density at radius 2 is 1.95 bits per heavy atom. The van der Waals surface area contributed by atoms with Gasteiger partial charge in [0.25, 0.3) is 0 Å². The van der Waals surface area contributed by atoms with Crippen LogP contribution in [0.15, 0.2) is 36.4 Å². The summed E-state index contributed by atoms with van der Waals surface area (Å²) in [6.07, 6.45) is -0.125. The van der Waals surface area contributed by atoms with E-state index in [1.165, 1.54) is 5.56 Å². The van der Waals surface area contributed by atoms with E-state index in [9.17, 15) is 0 Å². The first-order valence-electron chi connectivity index (χ1n) is 6.11. The van der Waals surface area contributed by atoms with Crippen molar-refractivity contribution in [1.82, 2.24) is 0 Å². The molecule has 1 aliphatic heterocycles.